The number of aliphatic carboxylic acids is 1. The van der Waals surface area contributed by atoms with E-state index in [-0.39, 0.29) is 18.1 Å². The molecule has 7 nitrogen and oxygen atoms in total. The van der Waals surface area contributed by atoms with E-state index in [1.165, 1.54) is 0 Å². The van der Waals surface area contributed by atoms with E-state index in [0.29, 0.717) is 32.7 Å². The van der Waals surface area contributed by atoms with E-state index >= 15 is 0 Å². The molecule has 0 saturated carbocycles. The van der Waals surface area contributed by atoms with Gasteiger partial charge in [-0.3, -0.25) is 19.4 Å². The third kappa shape index (κ3) is 5.66. The molecule has 2 aliphatic rings. The fraction of sp³-hybridized carbons (Fsp3) is 0.481. The SMILES string of the molecule is CC(C(=O)O)N1CCN(C(=O)C(c2ccccc2)c2ccccc2)CC1CN1CCCC(O)C1. The Balaban J connectivity index is 1.57. The number of carboxylic acids is 1. The molecule has 2 aromatic rings. The van der Waals surface area contributed by atoms with E-state index in [2.05, 4.69) is 4.90 Å². The van der Waals surface area contributed by atoms with Crippen molar-refractivity contribution >= 4 is 11.9 Å². The highest BCUT2D eigenvalue weighted by Crippen LogP contribution is 2.28. The lowest BCUT2D eigenvalue weighted by atomic mass is 9.89. The molecule has 2 saturated heterocycles. The number of piperazine rings is 1. The summed E-state index contributed by atoms with van der Waals surface area (Å²) < 4.78 is 0. The number of carbonyl (C=O) groups is 2. The number of β-amino-alcohol motifs (C(OH)–C–C–N with tert-alkyl or cyclic N) is 1. The van der Waals surface area contributed by atoms with Gasteiger partial charge >= 0.3 is 5.97 Å². The van der Waals surface area contributed by atoms with E-state index in [4.69, 9.17) is 0 Å². The van der Waals surface area contributed by atoms with Crippen LogP contribution in [0.3, 0.4) is 0 Å². The number of piperidine rings is 1. The summed E-state index contributed by atoms with van der Waals surface area (Å²) in [5.74, 6) is -1.21. The van der Waals surface area contributed by atoms with Crippen LogP contribution in [-0.2, 0) is 9.59 Å². The predicted octanol–water partition coefficient (Wildman–Crippen LogP) is 2.26. The lowest BCUT2D eigenvalue weighted by Crippen LogP contribution is -2.62. The van der Waals surface area contributed by atoms with Gasteiger partial charge in [0.05, 0.1) is 12.0 Å². The molecule has 182 valence electrons. The van der Waals surface area contributed by atoms with Crippen LogP contribution in [0.4, 0.5) is 0 Å². The largest absolute Gasteiger partial charge is 0.480 e. The van der Waals surface area contributed by atoms with Crippen molar-refractivity contribution in [2.75, 3.05) is 39.3 Å². The topological polar surface area (TPSA) is 84.3 Å². The highest BCUT2D eigenvalue weighted by atomic mass is 16.4. The number of rotatable bonds is 7. The monoisotopic (exact) mass is 465 g/mol. The third-order valence-electron chi connectivity index (χ3n) is 7.16. The van der Waals surface area contributed by atoms with Gasteiger partial charge in [0.25, 0.3) is 0 Å². The van der Waals surface area contributed by atoms with Crippen LogP contribution in [0.15, 0.2) is 60.7 Å². The van der Waals surface area contributed by atoms with Gasteiger partial charge in [-0.2, -0.15) is 0 Å². The normalized spacial score (nSPS) is 23.1. The van der Waals surface area contributed by atoms with Gasteiger partial charge < -0.3 is 15.1 Å². The van der Waals surface area contributed by atoms with E-state index in [1.54, 1.807) is 6.92 Å². The number of aliphatic hydroxyl groups excluding tert-OH is 1. The van der Waals surface area contributed by atoms with Crippen molar-refractivity contribution in [1.29, 1.82) is 0 Å². The maximum absolute atomic E-state index is 13.9. The van der Waals surface area contributed by atoms with Crippen molar-refractivity contribution < 1.29 is 19.8 Å². The molecular weight excluding hydrogens is 430 g/mol. The molecule has 4 rings (SSSR count). The van der Waals surface area contributed by atoms with Crippen LogP contribution in [0.5, 0.6) is 0 Å². The molecule has 2 N–H and O–H groups in total. The standard InChI is InChI=1S/C27H35N3O4/c1-20(27(33)34)30-16-15-29(18-23(30)17-28-14-8-13-24(31)19-28)26(32)25(21-9-4-2-5-10-21)22-11-6-3-7-12-22/h2-7,9-12,20,23-25,31H,8,13-19H2,1H3,(H,33,34). The molecule has 0 bridgehead atoms. The average molecular weight is 466 g/mol. The summed E-state index contributed by atoms with van der Waals surface area (Å²) in [6, 6.07) is 18.9. The van der Waals surface area contributed by atoms with Crippen LogP contribution < -0.4 is 0 Å². The van der Waals surface area contributed by atoms with E-state index in [9.17, 15) is 19.8 Å². The molecule has 0 aliphatic carbocycles. The van der Waals surface area contributed by atoms with E-state index in [0.717, 1.165) is 30.5 Å². The zero-order chi connectivity index (χ0) is 24.1. The first-order chi connectivity index (χ1) is 16.4. The minimum atomic E-state index is -0.852. The molecule has 34 heavy (non-hydrogen) atoms. The highest BCUT2D eigenvalue weighted by molar-refractivity contribution is 5.87. The predicted molar refractivity (Wildman–Crippen MR) is 131 cm³/mol. The molecule has 2 aliphatic heterocycles. The van der Waals surface area contributed by atoms with Crippen LogP contribution in [0.1, 0.15) is 36.8 Å². The first-order valence-electron chi connectivity index (χ1n) is 12.2. The van der Waals surface area contributed by atoms with Gasteiger partial charge in [-0.15, -0.1) is 0 Å². The van der Waals surface area contributed by atoms with Gasteiger partial charge in [0.15, 0.2) is 0 Å². The van der Waals surface area contributed by atoms with Gasteiger partial charge in [-0.05, 0) is 37.4 Å². The van der Waals surface area contributed by atoms with E-state index < -0.39 is 17.9 Å². The van der Waals surface area contributed by atoms with Crippen molar-refractivity contribution in [2.45, 2.75) is 43.9 Å². The molecule has 1 amide bonds. The second kappa shape index (κ2) is 11.1. The summed E-state index contributed by atoms with van der Waals surface area (Å²) >= 11 is 0. The summed E-state index contributed by atoms with van der Waals surface area (Å²) in [7, 11) is 0. The zero-order valence-corrected chi connectivity index (χ0v) is 19.8. The van der Waals surface area contributed by atoms with Crippen LogP contribution >= 0.6 is 0 Å². The fourth-order valence-electron chi connectivity index (χ4n) is 5.33. The number of amides is 1. The molecule has 3 unspecified atom stereocenters. The lowest BCUT2D eigenvalue weighted by molar-refractivity contribution is -0.146. The van der Waals surface area contributed by atoms with Gasteiger partial charge in [0, 0.05) is 38.8 Å². The molecular formula is C27H35N3O4. The number of likely N-dealkylation sites (tertiary alicyclic amines) is 1. The van der Waals surface area contributed by atoms with Gasteiger partial charge in [-0.1, -0.05) is 60.7 Å². The number of carboxylic acid groups (broad SMARTS) is 1. The van der Waals surface area contributed by atoms with Crippen molar-refractivity contribution in [3.05, 3.63) is 71.8 Å². The Kier molecular flexibility index (Phi) is 7.98. The van der Waals surface area contributed by atoms with E-state index in [1.807, 2.05) is 70.5 Å². The Labute approximate surface area is 201 Å². The summed E-state index contributed by atoms with van der Waals surface area (Å²) in [6.45, 7) is 5.31. The minimum Gasteiger partial charge on any atom is -0.480 e. The lowest BCUT2D eigenvalue weighted by Gasteiger charge is -2.46. The van der Waals surface area contributed by atoms with Crippen molar-refractivity contribution in [3.8, 4) is 0 Å². The second-order valence-electron chi connectivity index (χ2n) is 9.50. The minimum absolute atomic E-state index is 0.0451. The Morgan fingerprint density at radius 1 is 0.941 bits per heavy atom. The molecule has 2 heterocycles. The number of nitrogens with zero attached hydrogens (tertiary/aromatic N) is 3. The number of hydrogen-bond acceptors (Lipinski definition) is 5. The molecule has 3 atom stereocenters. The fourth-order valence-corrected chi connectivity index (χ4v) is 5.33. The van der Waals surface area contributed by atoms with Gasteiger partial charge in [0.1, 0.15) is 6.04 Å². The van der Waals surface area contributed by atoms with Crippen molar-refractivity contribution in [2.24, 2.45) is 0 Å². The zero-order valence-electron chi connectivity index (χ0n) is 19.8. The van der Waals surface area contributed by atoms with Crippen LogP contribution in [0, 0.1) is 0 Å². The van der Waals surface area contributed by atoms with Crippen LogP contribution in [-0.4, -0.2) is 94.2 Å². The van der Waals surface area contributed by atoms with Crippen LogP contribution in [0.2, 0.25) is 0 Å². The smallest absolute Gasteiger partial charge is 0.320 e. The van der Waals surface area contributed by atoms with Crippen LogP contribution in [0.25, 0.3) is 0 Å². The molecule has 0 spiro atoms. The first-order valence-corrected chi connectivity index (χ1v) is 12.2. The first kappa shape index (κ1) is 24.4. The summed E-state index contributed by atoms with van der Waals surface area (Å²) in [6.07, 6.45) is 1.38. The number of aliphatic hydroxyl groups is 1. The third-order valence-corrected chi connectivity index (χ3v) is 7.16. The summed E-state index contributed by atoms with van der Waals surface area (Å²) in [4.78, 5) is 31.9. The van der Waals surface area contributed by atoms with Gasteiger partial charge in [0.2, 0.25) is 5.91 Å². The Hall–Kier alpha value is -2.74. The number of carbonyl (C=O) groups excluding carboxylic acids is 1. The molecule has 7 heteroatoms. The Morgan fingerprint density at radius 3 is 2.12 bits per heavy atom. The van der Waals surface area contributed by atoms with Crippen molar-refractivity contribution in [1.82, 2.24) is 14.7 Å². The molecule has 0 radical (unpaired) electrons. The second-order valence-corrected chi connectivity index (χ2v) is 9.50. The average Bonchev–Trinajstić information content (AvgIpc) is 2.85. The highest BCUT2D eigenvalue weighted by Gasteiger charge is 2.38. The molecule has 0 aromatic heterocycles. The maximum atomic E-state index is 13.9. The number of hydrogen-bond donors (Lipinski definition) is 2. The maximum Gasteiger partial charge on any atom is 0.320 e. The van der Waals surface area contributed by atoms with Gasteiger partial charge in [-0.25, -0.2) is 0 Å². The summed E-state index contributed by atoms with van der Waals surface area (Å²) in [5, 5.41) is 19.8. The molecule has 2 aromatic carbocycles. The Morgan fingerprint density at radius 2 is 1.56 bits per heavy atom. The van der Waals surface area contributed by atoms with Crippen molar-refractivity contribution in [3.63, 3.8) is 0 Å². The Bertz CT molecular complexity index is 915. The summed E-state index contributed by atoms with van der Waals surface area (Å²) in [5.41, 5.74) is 1.91. The quantitative estimate of drug-likeness (QED) is 0.653. The number of benzene rings is 2. The molecule has 2 fully saturated rings.